The standard InChI is InChI=1S/C12H22N2O2/c1-2-3-8-14-10-12(16-9-11(14)15)4-6-13-7-5-12/h13H,2-10H2,1H3. The third-order valence-electron chi connectivity index (χ3n) is 3.63. The first-order valence-electron chi connectivity index (χ1n) is 6.38. The first kappa shape index (κ1) is 11.9. The normalized spacial score (nSPS) is 25.1. The van der Waals surface area contributed by atoms with Gasteiger partial charge in [-0.2, -0.15) is 0 Å². The molecule has 0 aromatic heterocycles. The lowest BCUT2D eigenvalue weighted by atomic mass is 9.90. The van der Waals surface area contributed by atoms with E-state index in [1.807, 2.05) is 4.90 Å². The fourth-order valence-electron chi connectivity index (χ4n) is 2.53. The molecule has 1 N–H and O–H groups in total. The van der Waals surface area contributed by atoms with Gasteiger partial charge in [0.15, 0.2) is 0 Å². The van der Waals surface area contributed by atoms with Crippen molar-refractivity contribution in [1.82, 2.24) is 10.2 Å². The van der Waals surface area contributed by atoms with Crippen molar-refractivity contribution in [1.29, 1.82) is 0 Å². The number of amides is 1. The summed E-state index contributed by atoms with van der Waals surface area (Å²) in [5.74, 6) is 0.164. The van der Waals surface area contributed by atoms with E-state index in [1.54, 1.807) is 0 Å². The molecule has 2 aliphatic rings. The van der Waals surface area contributed by atoms with Crippen LogP contribution in [0.3, 0.4) is 0 Å². The fraction of sp³-hybridized carbons (Fsp3) is 0.917. The lowest BCUT2D eigenvalue weighted by Crippen LogP contribution is -2.58. The topological polar surface area (TPSA) is 41.6 Å². The minimum absolute atomic E-state index is 0.0487. The molecule has 1 spiro atoms. The van der Waals surface area contributed by atoms with Gasteiger partial charge in [-0.05, 0) is 32.4 Å². The summed E-state index contributed by atoms with van der Waals surface area (Å²) in [5.41, 5.74) is -0.0487. The maximum atomic E-state index is 11.7. The van der Waals surface area contributed by atoms with E-state index in [1.165, 1.54) is 0 Å². The number of rotatable bonds is 3. The van der Waals surface area contributed by atoms with Crippen LogP contribution in [0.15, 0.2) is 0 Å². The third-order valence-corrected chi connectivity index (χ3v) is 3.63. The lowest BCUT2D eigenvalue weighted by Gasteiger charge is -2.44. The molecule has 0 aliphatic carbocycles. The number of nitrogens with zero attached hydrogens (tertiary/aromatic N) is 1. The van der Waals surface area contributed by atoms with Gasteiger partial charge >= 0.3 is 0 Å². The smallest absolute Gasteiger partial charge is 0.248 e. The highest BCUT2D eigenvalue weighted by molar-refractivity contribution is 5.78. The largest absolute Gasteiger partial charge is 0.363 e. The zero-order valence-corrected chi connectivity index (χ0v) is 10.1. The van der Waals surface area contributed by atoms with Gasteiger partial charge in [-0.1, -0.05) is 13.3 Å². The number of morpholine rings is 1. The first-order valence-corrected chi connectivity index (χ1v) is 6.38. The predicted octanol–water partition coefficient (Wildman–Crippen LogP) is 0.767. The number of nitrogens with one attached hydrogen (secondary N) is 1. The number of unbranched alkanes of at least 4 members (excludes halogenated alkanes) is 1. The Hall–Kier alpha value is -0.610. The number of hydrogen-bond donors (Lipinski definition) is 1. The van der Waals surface area contributed by atoms with Crippen molar-refractivity contribution in [3.63, 3.8) is 0 Å². The Morgan fingerprint density at radius 3 is 2.88 bits per heavy atom. The molecular weight excluding hydrogens is 204 g/mol. The van der Waals surface area contributed by atoms with E-state index < -0.39 is 0 Å². The van der Waals surface area contributed by atoms with Crippen LogP contribution in [0.1, 0.15) is 32.6 Å². The summed E-state index contributed by atoms with van der Waals surface area (Å²) in [7, 11) is 0. The van der Waals surface area contributed by atoms with Gasteiger partial charge in [-0.15, -0.1) is 0 Å². The molecule has 16 heavy (non-hydrogen) atoms. The molecule has 0 aromatic rings. The maximum Gasteiger partial charge on any atom is 0.248 e. The van der Waals surface area contributed by atoms with Crippen molar-refractivity contribution in [3.8, 4) is 0 Å². The highest BCUT2D eigenvalue weighted by Gasteiger charge is 2.40. The van der Waals surface area contributed by atoms with Crippen LogP contribution >= 0.6 is 0 Å². The Labute approximate surface area is 97.3 Å². The average molecular weight is 226 g/mol. The number of carbonyl (C=O) groups is 1. The molecule has 2 rings (SSSR count). The summed E-state index contributed by atoms with van der Waals surface area (Å²) in [5, 5.41) is 3.34. The van der Waals surface area contributed by atoms with Gasteiger partial charge < -0.3 is 15.0 Å². The van der Waals surface area contributed by atoms with Gasteiger partial charge in [-0.25, -0.2) is 0 Å². The SMILES string of the molecule is CCCCN1CC2(CCNCC2)OCC1=O. The van der Waals surface area contributed by atoms with Crippen molar-refractivity contribution >= 4 is 5.91 Å². The van der Waals surface area contributed by atoms with Crippen molar-refractivity contribution in [3.05, 3.63) is 0 Å². The van der Waals surface area contributed by atoms with Crippen LogP contribution < -0.4 is 5.32 Å². The summed E-state index contributed by atoms with van der Waals surface area (Å²) in [6, 6.07) is 0. The summed E-state index contributed by atoms with van der Waals surface area (Å²) < 4.78 is 5.80. The second-order valence-electron chi connectivity index (χ2n) is 4.89. The van der Waals surface area contributed by atoms with Crippen molar-refractivity contribution < 1.29 is 9.53 Å². The monoisotopic (exact) mass is 226 g/mol. The van der Waals surface area contributed by atoms with Gasteiger partial charge in [0.25, 0.3) is 0 Å². The van der Waals surface area contributed by atoms with Crippen LogP contribution in [0, 0.1) is 0 Å². The lowest BCUT2D eigenvalue weighted by molar-refractivity contribution is -0.167. The number of piperidine rings is 1. The molecule has 1 amide bonds. The summed E-state index contributed by atoms with van der Waals surface area (Å²) in [6.45, 7) is 6.15. The van der Waals surface area contributed by atoms with Crippen LogP contribution in [-0.4, -0.2) is 49.2 Å². The van der Waals surface area contributed by atoms with Crippen molar-refractivity contribution in [2.45, 2.75) is 38.2 Å². The first-order chi connectivity index (χ1) is 7.76. The van der Waals surface area contributed by atoms with Crippen LogP contribution in [0.2, 0.25) is 0 Å². The van der Waals surface area contributed by atoms with E-state index in [2.05, 4.69) is 12.2 Å². The van der Waals surface area contributed by atoms with Gasteiger partial charge in [0.2, 0.25) is 5.91 Å². The molecule has 0 unspecified atom stereocenters. The van der Waals surface area contributed by atoms with Gasteiger partial charge in [0.05, 0.1) is 5.60 Å². The van der Waals surface area contributed by atoms with E-state index >= 15 is 0 Å². The second kappa shape index (κ2) is 5.15. The Kier molecular flexibility index (Phi) is 3.82. The zero-order valence-electron chi connectivity index (χ0n) is 10.1. The van der Waals surface area contributed by atoms with Crippen molar-refractivity contribution in [2.75, 3.05) is 32.8 Å². The van der Waals surface area contributed by atoms with E-state index in [-0.39, 0.29) is 18.1 Å². The minimum atomic E-state index is -0.0487. The molecule has 4 heteroatoms. The molecule has 0 radical (unpaired) electrons. The molecule has 2 aliphatic heterocycles. The number of hydrogen-bond acceptors (Lipinski definition) is 3. The maximum absolute atomic E-state index is 11.7. The zero-order chi connectivity index (χ0) is 11.4. The third kappa shape index (κ3) is 2.55. The molecule has 0 bridgehead atoms. The van der Waals surface area contributed by atoms with Crippen molar-refractivity contribution in [2.24, 2.45) is 0 Å². The number of carbonyl (C=O) groups excluding carboxylic acids is 1. The van der Waals surface area contributed by atoms with Crippen LogP contribution in [0.25, 0.3) is 0 Å². The Bertz CT molecular complexity index is 249. The minimum Gasteiger partial charge on any atom is -0.363 e. The second-order valence-corrected chi connectivity index (χ2v) is 4.89. The van der Waals surface area contributed by atoms with E-state index in [4.69, 9.17) is 4.74 Å². The highest BCUT2D eigenvalue weighted by Crippen LogP contribution is 2.27. The predicted molar refractivity (Wildman–Crippen MR) is 62.3 cm³/mol. The Morgan fingerprint density at radius 1 is 1.44 bits per heavy atom. The highest BCUT2D eigenvalue weighted by atomic mass is 16.5. The quantitative estimate of drug-likeness (QED) is 0.773. The van der Waals surface area contributed by atoms with Gasteiger partial charge in [0.1, 0.15) is 6.61 Å². The number of ether oxygens (including phenoxy) is 1. The van der Waals surface area contributed by atoms with E-state index in [0.29, 0.717) is 0 Å². The van der Waals surface area contributed by atoms with Crippen LogP contribution in [-0.2, 0) is 9.53 Å². The van der Waals surface area contributed by atoms with Crippen LogP contribution in [0.5, 0.6) is 0 Å². The molecule has 0 saturated carbocycles. The Balaban J connectivity index is 1.94. The molecule has 2 fully saturated rings. The summed E-state index contributed by atoms with van der Waals surface area (Å²) in [4.78, 5) is 13.7. The summed E-state index contributed by atoms with van der Waals surface area (Å²) in [6.07, 6.45) is 4.30. The van der Waals surface area contributed by atoms with E-state index in [9.17, 15) is 4.79 Å². The Morgan fingerprint density at radius 2 is 2.19 bits per heavy atom. The summed E-state index contributed by atoms with van der Waals surface area (Å²) >= 11 is 0. The van der Waals surface area contributed by atoms with Gasteiger partial charge in [0, 0.05) is 13.1 Å². The molecule has 4 nitrogen and oxygen atoms in total. The molecular formula is C12H22N2O2. The molecule has 92 valence electrons. The molecule has 0 aromatic carbocycles. The molecule has 0 atom stereocenters. The fourth-order valence-corrected chi connectivity index (χ4v) is 2.53. The van der Waals surface area contributed by atoms with E-state index in [0.717, 1.165) is 51.9 Å². The molecule has 2 heterocycles. The molecule has 2 saturated heterocycles. The van der Waals surface area contributed by atoms with Gasteiger partial charge in [-0.3, -0.25) is 4.79 Å². The average Bonchev–Trinajstić information content (AvgIpc) is 2.32. The van der Waals surface area contributed by atoms with Crippen LogP contribution in [0.4, 0.5) is 0 Å².